The van der Waals surface area contributed by atoms with Crippen LogP contribution >= 0.6 is 0 Å². The predicted molar refractivity (Wildman–Crippen MR) is 94.1 cm³/mol. The van der Waals surface area contributed by atoms with Gasteiger partial charge in [-0.2, -0.15) is 8.78 Å². The fraction of sp³-hybridized carbons (Fsp3) is 0.316. The minimum Gasteiger partial charge on any atom is -0.493 e. The Hall–Kier alpha value is -2.90. The molecule has 0 saturated carbocycles. The monoisotopic (exact) mass is 380 g/mol. The number of piperazine rings is 1. The summed E-state index contributed by atoms with van der Waals surface area (Å²) in [5.74, 6) is -0.974. The normalized spacial score (nSPS) is 14.4. The lowest BCUT2D eigenvalue weighted by Crippen LogP contribution is -2.49. The number of halogens is 3. The summed E-state index contributed by atoms with van der Waals surface area (Å²) in [5.41, 5.74) is 0.488. The molecule has 2 aromatic rings. The summed E-state index contributed by atoms with van der Waals surface area (Å²) in [4.78, 5) is 16.2. The lowest BCUT2D eigenvalue weighted by Gasteiger charge is -2.36. The van der Waals surface area contributed by atoms with Gasteiger partial charge in [0.2, 0.25) is 0 Å². The smallest absolute Gasteiger partial charge is 0.387 e. The molecular weight excluding hydrogens is 361 g/mol. The lowest BCUT2D eigenvalue weighted by molar-refractivity contribution is -0.0516. The van der Waals surface area contributed by atoms with Gasteiger partial charge in [-0.3, -0.25) is 4.79 Å². The molecule has 0 unspecified atom stereocenters. The molecule has 0 bridgehead atoms. The van der Waals surface area contributed by atoms with Gasteiger partial charge in [-0.15, -0.1) is 0 Å². The van der Waals surface area contributed by atoms with Gasteiger partial charge in [0.1, 0.15) is 5.82 Å². The van der Waals surface area contributed by atoms with Crippen molar-refractivity contribution in [3.63, 3.8) is 0 Å². The van der Waals surface area contributed by atoms with Crippen LogP contribution < -0.4 is 14.4 Å². The third-order valence-electron chi connectivity index (χ3n) is 4.40. The molecule has 0 atom stereocenters. The number of carbonyl (C=O) groups excluding carboxylic acids is 1. The molecule has 5 nitrogen and oxygen atoms in total. The molecule has 0 N–H and O–H groups in total. The van der Waals surface area contributed by atoms with E-state index in [4.69, 9.17) is 4.74 Å². The van der Waals surface area contributed by atoms with Crippen LogP contribution in [0.4, 0.5) is 18.9 Å². The summed E-state index contributed by atoms with van der Waals surface area (Å²) in [7, 11) is 1.31. The minimum absolute atomic E-state index is 0.00833. The average molecular weight is 380 g/mol. The van der Waals surface area contributed by atoms with Crippen LogP contribution in [0.1, 0.15) is 10.4 Å². The van der Waals surface area contributed by atoms with Crippen LogP contribution in [0, 0.1) is 5.82 Å². The Morgan fingerprint density at radius 3 is 2.37 bits per heavy atom. The first-order valence-corrected chi connectivity index (χ1v) is 8.42. The van der Waals surface area contributed by atoms with E-state index in [2.05, 4.69) is 4.74 Å². The Morgan fingerprint density at radius 2 is 1.74 bits per heavy atom. The SMILES string of the molecule is COc1cccc(C(=O)N2CCN(c3ccccc3F)CC2)c1OC(F)F. The summed E-state index contributed by atoms with van der Waals surface area (Å²) >= 11 is 0. The molecule has 8 heteroatoms. The maximum absolute atomic E-state index is 13.9. The van der Waals surface area contributed by atoms with Gasteiger partial charge in [-0.05, 0) is 24.3 Å². The molecule has 144 valence electrons. The second-order valence-corrected chi connectivity index (χ2v) is 5.95. The van der Waals surface area contributed by atoms with E-state index in [1.807, 2.05) is 4.90 Å². The number of hydrogen-bond acceptors (Lipinski definition) is 4. The highest BCUT2D eigenvalue weighted by atomic mass is 19.3. The molecule has 0 radical (unpaired) electrons. The topological polar surface area (TPSA) is 42.0 Å². The first-order valence-electron chi connectivity index (χ1n) is 8.42. The maximum Gasteiger partial charge on any atom is 0.387 e. The van der Waals surface area contributed by atoms with Crippen molar-refractivity contribution in [1.82, 2.24) is 4.90 Å². The van der Waals surface area contributed by atoms with Crippen LogP contribution in [0.2, 0.25) is 0 Å². The first kappa shape index (κ1) is 18.9. The van der Waals surface area contributed by atoms with Gasteiger partial charge in [0, 0.05) is 26.2 Å². The number of rotatable bonds is 5. The molecule has 3 rings (SSSR count). The molecule has 0 aliphatic carbocycles. The standard InChI is InChI=1S/C19H19F3N2O3/c1-26-16-8-4-5-13(17(16)27-19(21)22)18(25)24-11-9-23(10-12-24)15-7-3-2-6-14(15)20/h2-8,19H,9-12H2,1H3. The van der Waals surface area contributed by atoms with E-state index in [1.54, 1.807) is 24.3 Å². The van der Waals surface area contributed by atoms with Crippen molar-refractivity contribution in [2.24, 2.45) is 0 Å². The van der Waals surface area contributed by atoms with Crippen LogP contribution in [0.25, 0.3) is 0 Å². The van der Waals surface area contributed by atoms with Crippen molar-refractivity contribution in [2.45, 2.75) is 6.61 Å². The average Bonchev–Trinajstić information content (AvgIpc) is 2.68. The van der Waals surface area contributed by atoms with Gasteiger partial charge >= 0.3 is 6.61 Å². The molecule has 0 spiro atoms. The molecule has 0 aromatic heterocycles. The Morgan fingerprint density at radius 1 is 1.04 bits per heavy atom. The van der Waals surface area contributed by atoms with Crippen LogP contribution in [0.15, 0.2) is 42.5 Å². The summed E-state index contributed by atoms with van der Waals surface area (Å²) in [6.07, 6.45) is 0. The van der Waals surface area contributed by atoms with Crippen molar-refractivity contribution in [2.75, 3.05) is 38.2 Å². The lowest BCUT2D eigenvalue weighted by atomic mass is 10.1. The van der Waals surface area contributed by atoms with E-state index in [0.717, 1.165) is 0 Å². The van der Waals surface area contributed by atoms with Crippen molar-refractivity contribution in [3.05, 3.63) is 53.8 Å². The van der Waals surface area contributed by atoms with E-state index < -0.39 is 12.5 Å². The van der Waals surface area contributed by atoms with Crippen molar-refractivity contribution in [3.8, 4) is 11.5 Å². The summed E-state index contributed by atoms with van der Waals surface area (Å²) in [5, 5.41) is 0. The van der Waals surface area contributed by atoms with Gasteiger partial charge in [0.25, 0.3) is 5.91 Å². The second-order valence-electron chi connectivity index (χ2n) is 5.95. The molecule has 1 fully saturated rings. The third-order valence-corrected chi connectivity index (χ3v) is 4.40. The minimum atomic E-state index is -3.08. The Labute approximate surface area is 154 Å². The number of nitrogens with zero attached hydrogens (tertiary/aromatic N) is 2. The van der Waals surface area contributed by atoms with E-state index in [0.29, 0.717) is 31.9 Å². The molecule has 1 heterocycles. The van der Waals surface area contributed by atoms with E-state index in [9.17, 15) is 18.0 Å². The molecule has 1 aliphatic rings. The van der Waals surface area contributed by atoms with E-state index in [1.165, 1.54) is 30.2 Å². The zero-order valence-corrected chi connectivity index (χ0v) is 14.7. The van der Waals surface area contributed by atoms with Gasteiger partial charge in [0.15, 0.2) is 11.5 Å². The number of hydrogen-bond donors (Lipinski definition) is 0. The summed E-state index contributed by atoms with van der Waals surface area (Å²) in [6, 6.07) is 10.9. The van der Waals surface area contributed by atoms with Crippen LogP contribution in [0.3, 0.4) is 0 Å². The van der Waals surface area contributed by atoms with Gasteiger partial charge in [0.05, 0.1) is 18.4 Å². The number of methoxy groups -OCH3 is 1. The first-order chi connectivity index (χ1) is 13.0. The van der Waals surface area contributed by atoms with Gasteiger partial charge < -0.3 is 19.3 Å². The molecule has 2 aromatic carbocycles. The second kappa shape index (κ2) is 8.20. The Balaban J connectivity index is 1.75. The molecule has 1 amide bonds. The van der Waals surface area contributed by atoms with Crippen LogP contribution in [0.5, 0.6) is 11.5 Å². The van der Waals surface area contributed by atoms with E-state index >= 15 is 0 Å². The molecule has 27 heavy (non-hydrogen) atoms. The largest absolute Gasteiger partial charge is 0.493 e. The van der Waals surface area contributed by atoms with Gasteiger partial charge in [-0.25, -0.2) is 4.39 Å². The highest BCUT2D eigenvalue weighted by Crippen LogP contribution is 2.33. The summed E-state index contributed by atoms with van der Waals surface area (Å²) in [6.45, 7) is -1.55. The number of anilines is 1. The zero-order valence-electron chi connectivity index (χ0n) is 14.7. The molecule has 1 saturated heterocycles. The number of amides is 1. The predicted octanol–water partition coefficient (Wildman–Crippen LogP) is 3.40. The van der Waals surface area contributed by atoms with Crippen LogP contribution in [-0.4, -0.2) is 50.7 Å². The summed E-state index contributed by atoms with van der Waals surface area (Å²) < 4.78 is 49.0. The number of para-hydroxylation sites is 2. The zero-order chi connectivity index (χ0) is 19.4. The highest BCUT2D eigenvalue weighted by Gasteiger charge is 2.27. The number of benzene rings is 2. The van der Waals surface area contributed by atoms with Crippen molar-refractivity contribution < 1.29 is 27.4 Å². The van der Waals surface area contributed by atoms with Crippen molar-refractivity contribution >= 4 is 11.6 Å². The fourth-order valence-corrected chi connectivity index (χ4v) is 3.08. The maximum atomic E-state index is 13.9. The van der Waals surface area contributed by atoms with Gasteiger partial charge in [-0.1, -0.05) is 18.2 Å². The Kier molecular flexibility index (Phi) is 5.73. The quantitative estimate of drug-likeness (QED) is 0.798. The highest BCUT2D eigenvalue weighted by molar-refractivity contribution is 5.98. The van der Waals surface area contributed by atoms with Crippen LogP contribution in [-0.2, 0) is 0 Å². The van der Waals surface area contributed by atoms with E-state index in [-0.39, 0.29) is 22.9 Å². The van der Waals surface area contributed by atoms with Crippen molar-refractivity contribution in [1.29, 1.82) is 0 Å². The molecule has 1 aliphatic heterocycles. The number of carbonyl (C=O) groups is 1. The molecular formula is C19H19F3N2O3. The number of ether oxygens (including phenoxy) is 2. The number of alkyl halides is 2. The third kappa shape index (κ3) is 4.10. The Bertz CT molecular complexity index is 809. The fourth-order valence-electron chi connectivity index (χ4n) is 3.08.